The number of rotatable bonds is 3. The van der Waals surface area contributed by atoms with E-state index in [2.05, 4.69) is 36.9 Å². The van der Waals surface area contributed by atoms with Gasteiger partial charge in [0, 0.05) is 33.4 Å². The van der Waals surface area contributed by atoms with Crippen molar-refractivity contribution in [2.75, 3.05) is 4.90 Å². The summed E-state index contributed by atoms with van der Waals surface area (Å²) < 4.78 is 0. The Balaban J connectivity index is 1.89. The zero-order valence-corrected chi connectivity index (χ0v) is 22.0. The third-order valence-electron chi connectivity index (χ3n) is 6.97. The summed E-state index contributed by atoms with van der Waals surface area (Å²) in [4.78, 5) is 16.0. The largest absolute Gasteiger partial charge is 0.312 e. The molecule has 0 spiro atoms. The smallest absolute Gasteiger partial charge is 0.162 e. The summed E-state index contributed by atoms with van der Waals surface area (Å²) in [5, 5.41) is 11.8. The number of aryl methyl sites for hydroxylation is 1. The van der Waals surface area contributed by atoms with E-state index in [0.717, 1.165) is 33.8 Å². The van der Waals surface area contributed by atoms with Crippen LogP contribution in [-0.2, 0) is 4.79 Å². The lowest BCUT2D eigenvalue weighted by Crippen LogP contribution is -2.39. The standard InChI is InChI=1S/C31H26Cl2N2O/c1-19-8-14-22(15-9-19)35-26-16-31(2,3)17-27(36)29(26)28(23-6-4-5-7-25(23)33)24(18-34)30(35)20-10-12-21(32)13-11-20/h4-15,28H,16-17H2,1-3H3. The van der Waals surface area contributed by atoms with Gasteiger partial charge in [-0.15, -0.1) is 0 Å². The van der Waals surface area contributed by atoms with Gasteiger partial charge < -0.3 is 4.90 Å². The van der Waals surface area contributed by atoms with Gasteiger partial charge in [-0.1, -0.05) is 85.1 Å². The van der Waals surface area contributed by atoms with Crippen LogP contribution in [0.3, 0.4) is 0 Å². The fourth-order valence-electron chi connectivity index (χ4n) is 5.37. The normalized spacial score (nSPS) is 19.3. The Hall–Kier alpha value is -3.32. The number of anilines is 1. The van der Waals surface area contributed by atoms with E-state index in [1.165, 1.54) is 0 Å². The van der Waals surface area contributed by atoms with E-state index in [9.17, 15) is 10.1 Å². The van der Waals surface area contributed by atoms with E-state index in [1.54, 1.807) is 0 Å². The second kappa shape index (κ2) is 9.28. The van der Waals surface area contributed by atoms with Gasteiger partial charge in [0.1, 0.15) is 0 Å². The average molecular weight is 513 g/mol. The number of carbonyl (C=O) groups excluding carboxylic acids is 1. The third kappa shape index (κ3) is 4.26. The Morgan fingerprint density at radius 1 is 0.944 bits per heavy atom. The number of hydrogen-bond acceptors (Lipinski definition) is 3. The highest BCUT2D eigenvalue weighted by Crippen LogP contribution is 2.53. The van der Waals surface area contributed by atoms with Crippen molar-refractivity contribution in [3.8, 4) is 6.07 Å². The molecule has 5 rings (SSSR count). The fourth-order valence-corrected chi connectivity index (χ4v) is 5.75. The van der Waals surface area contributed by atoms with Crippen molar-refractivity contribution >= 4 is 40.4 Å². The van der Waals surface area contributed by atoms with Crippen LogP contribution in [0.1, 0.15) is 49.3 Å². The molecule has 1 unspecified atom stereocenters. The summed E-state index contributed by atoms with van der Waals surface area (Å²) in [6.45, 7) is 6.29. The highest BCUT2D eigenvalue weighted by Gasteiger charge is 2.45. The molecule has 2 aliphatic rings. The minimum Gasteiger partial charge on any atom is -0.312 e. The minimum atomic E-state index is -0.547. The second-order valence-electron chi connectivity index (χ2n) is 10.3. The van der Waals surface area contributed by atoms with E-state index in [-0.39, 0.29) is 11.2 Å². The predicted molar refractivity (Wildman–Crippen MR) is 147 cm³/mol. The van der Waals surface area contributed by atoms with Crippen molar-refractivity contribution in [1.29, 1.82) is 5.26 Å². The molecule has 5 heteroatoms. The van der Waals surface area contributed by atoms with E-state index < -0.39 is 5.92 Å². The lowest BCUT2D eigenvalue weighted by atomic mass is 9.67. The summed E-state index contributed by atoms with van der Waals surface area (Å²) >= 11 is 12.9. The molecule has 180 valence electrons. The highest BCUT2D eigenvalue weighted by atomic mass is 35.5. The molecule has 3 nitrogen and oxygen atoms in total. The number of nitrogens with zero attached hydrogens (tertiary/aromatic N) is 2. The SMILES string of the molecule is Cc1ccc(N2C3=C(C(=O)CC(C)(C)C3)C(c3ccccc3Cl)C(C#N)=C2c2ccc(Cl)cc2)cc1. The molecule has 1 aliphatic carbocycles. The maximum Gasteiger partial charge on any atom is 0.162 e. The zero-order chi connectivity index (χ0) is 25.6. The summed E-state index contributed by atoms with van der Waals surface area (Å²) in [5.41, 5.74) is 6.29. The molecule has 1 heterocycles. The maximum atomic E-state index is 13.8. The molecular weight excluding hydrogens is 487 g/mol. The number of benzene rings is 3. The Morgan fingerprint density at radius 3 is 2.25 bits per heavy atom. The Bertz CT molecular complexity index is 1460. The van der Waals surface area contributed by atoms with Gasteiger partial charge >= 0.3 is 0 Å². The Kier molecular flexibility index (Phi) is 6.29. The van der Waals surface area contributed by atoms with Crippen molar-refractivity contribution in [3.05, 3.63) is 116 Å². The third-order valence-corrected chi connectivity index (χ3v) is 7.57. The van der Waals surface area contributed by atoms with E-state index in [4.69, 9.17) is 23.2 Å². The number of nitriles is 1. The van der Waals surface area contributed by atoms with Crippen LogP contribution in [0.4, 0.5) is 5.69 Å². The van der Waals surface area contributed by atoms with Gasteiger partial charge in [0.2, 0.25) is 0 Å². The number of ketones is 1. The number of allylic oxidation sites excluding steroid dienone is 3. The van der Waals surface area contributed by atoms with Gasteiger partial charge in [-0.2, -0.15) is 5.26 Å². The molecule has 0 radical (unpaired) electrons. The molecule has 3 aromatic rings. The summed E-state index contributed by atoms with van der Waals surface area (Å²) in [5.74, 6) is -0.485. The molecule has 0 saturated heterocycles. The van der Waals surface area contributed by atoms with Crippen molar-refractivity contribution in [2.24, 2.45) is 5.41 Å². The van der Waals surface area contributed by atoms with Crippen molar-refractivity contribution in [1.82, 2.24) is 0 Å². The summed E-state index contributed by atoms with van der Waals surface area (Å²) in [7, 11) is 0. The minimum absolute atomic E-state index is 0.0613. The first-order valence-corrected chi connectivity index (χ1v) is 12.7. The van der Waals surface area contributed by atoms with Gasteiger partial charge in [0.25, 0.3) is 0 Å². The molecule has 3 aromatic carbocycles. The van der Waals surface area contributed by atoms with Gasteiger partial charge in [-0.05, 0) is 60.2 Å². The van der Waals surface area contributed by atoms with Crippen molar-refractivity contribution < 1.29 is 4.79 Å². The zero-order valence-electron chi connectivity index (χ0n) is 20.5. The molecule has 0 aromatic heterocycles. The molecule has 0 fully saturated rings. The Morgan fingerprint density at radius 2 is 1.61 bits per heavy atom. The van der Waals surface area contributed by atoms with Crippen LogP contribution in [0.15, 0.2) is 89.6 Å². The number of hydrogen-bond donors (Lipinski definition) is 0. The van der Waals surface area contributed by atoms with Crippen LogP contribution in [0.5, 0.6) is 0 Å². The molecule has 1 atom stereocenters. The van der Waals surface area contributed by atoms with Crippen molar-refractivity contribution in [3.63, 3.8) is 0 Å². The molecule has 0 saturated carbocycles. The topological polar surface area (TPSA) is 44.1 Å². The highest BCUT2D eigenvalue weighted by molar-refractivity contribution is 6.31. The monoisotopic (exact) mass is 512 g/mol. The summed E-state index contributed by atoms with van der Waals surface area (Å²) in [6.07, 6.45) is 1.11. The molecule has 0 N–H and O–H groups in total. The first-order valence-electron chi connectivity index (χ1n) is 12.0. The lowest BCUT2D eigenvalue weighted by Gasteiger charge is -2.45. The van der Waals surface area contributed by atoms with Crippen molar-refractivity contribution in [2.45, 2.75) is 39.5 Å². The summed E-state index contributed by atoms with van der Waals surface area (Å²) in [6, 6.07) is 25.7. The second-order valence-corrected chi connectivity index (χ2v) is 11.2. The first kappa shape index (κ1) is 24.4. The molecule has 1 aliphatic heterocycles. The average Bonchev–Trinajstić information content (AvgIpc) is 2.84. The molecular formula is C31H26Cl2N2O. The molecule has 0 amide bonds. The van der Waals surface area contributed by atoms with Gasteiger partial charge in [0.05, 0.1) is 23.3 Å². The fraction of sp³-hybridized carbons (Fsp3) is 0.226. The number of carbonyl (C=O) groups is 1. The van der Waals surface area contributed by atoms with E-state index in [0.29, 0.717) is 34.0 Å². The maximum absolute atomic E-state index is 13.8. The van der Waals surface area contributed by atoms with Crippen LogP contribution < -0.4 is 4.90 Å². The van der Waals surface area contributed by atoms with Crippen LogP contribution in [0.2, 0.25) is 10.0 Å². The lowest BCUT2D eigenvalue weighted by molar-refractivity contribution is -0.118. The van der Waals surface area contributed by atoms with Crippen LogP contribution in [0, 0.1) is 23.7 Å². The van der Waals surface area contributed by atoms with E-state index >= 15 is 0 Å². The van der Waals surface area contributed by atoms with Crippen LogP contribution in [-0.4, -0.2) is 5.78 Å². The Labute approximate surface area is 222 Å². The van der Waals surface area contributed by atoms with Crippen LogP contribution >= 0.6 is 23.2 Å². The first-order chi connectivity index (χ1) is 17.2. The van der Waals surface area contributed by atoms with Gasteiger partial charge in [-0.3, -0.25) is 4.79 Å². The molecule has 0 bridgehead atoms. The van der Waals surface area contributed by atoms with Gasteiger partial charge in [-0.25, -0.2) is 0 Å². The number of halogens is 2. The molecule has 36 heavy (non-hydrogen) atoms. The van der Waals surface area contributed by atoms with Crippen LogP contribution in [0.25, 0.3) is 5.70 Å². The van der Waals surface area contributed by atoms with E-state index in [1.807, 2.05) is 67.6 Å². The van der Waals surface area contributed by atoms with Gasteiger partial charge in [0.15, 0.2) is 5.78 Å². The number of Topliss-reactive ketones (excluding diaryl/α,β-unsaturated/α-hetero) is 1. The predicted octanol–water partition coefficient (Wildman–Crippen LogP) is 8.48. The quantitative estimate of drug-likeness (QED) is 0.353.